The van der Waals surface area contributed by atoms with E-state index in [2.05, 4.69) is 10.1 Å². The SMILES string of the molecule is CC(CN=C=O)c1cc(C2CC2)on1. The van der Waals surface area contributed by atoms with Crippen molar-refractivity contribution in [2.24, 2.45) is 4.99 Å². The zero-order chi connectivity index (χ0) is 9.97. The number of aromatic nitrogens is 1. The van der Waals surface area contributed by atoms with Gasteiger partial charge < -0.3 is 4.52 Å². The van der Waals surface area contributed by atoms with Crippen LogP contribution >= 0.6 is 0 Å². The molecule has 0 aliphatic heterocycles. The number of isocyanates is 1. The summed E-state index contributed by atoms with van der Waals surface area (Å²) in [4.78, 5) is 13.5. The molecule has 1 unspecified atom stereocenters. The Morgan fingerprint density at radius 1 is 1.79 bits per heavy atom. The normalized spacial score (nSPS) is 17.5. The van der Waals surface area contributed by atoms with E-state index < -0.39 is 0 Å². The Labute approximate surface area is 82.0 Å². The first kappa shape index (κ1) is 9.16. The first-order valence-corrected chi connectivity index (χ1v) is 4.81. The molecule has 14 heavy (non-hydrogen) atoms. The second kappa shape index (κ2) is 3.76. The molecule has 1 saturated carbocycles. The minimum absolute atomic E-state index is 0.132. The molecular formula is C10H12N2O2. The van der Waals surface area contributed by atoms with Crippen molar-refractivity contribution in [2.75, 3.05) is 6.54 Å². The quantitative estimate of drug-likeness (QED) is 0.541. The summed E-state index contributed by atoms with van der Waals surface area (Å²) in [6, 6.07) is 1.97. The summed E-state index contributed by atoms with van der Waals surface area (Å²) < 4.78 is 5.20. The van der Waals surface area contributed by atoms with Gasteiger partial charge >= 0.3 is 0 Å². The lowest BCUT2D eigenvalue weighted by molar-refractivity contribution is 0.375. The molecule has 2 rings (SSSR count). The van der Waals surface area contributed by atoms with Gasteiger partial charge in [0, 0.05) is 17.9 Å². The number of rotatable bonds is 4. The summed E-state index contributed by atoms with van der Waals surface area (Å²) in [6.45, 7) is 2.40. The molecule has 1 aromatic rings. The molecule has 0 amide bonds. The van der Waals surface area contributed by atoms with Gasteiger partial charge in [0.2, 0.25) is 6.08 Å². The lowest BCUT2D eigenvalue weighted by Gasteiger charge is -1.99. The molecule has 0 aromatic carbocycles. The third-order valence-electron chi connectivity index (χ3n) is 2.46. The molecule has 1 aliphatic carbocycles. The number of carbonyl (C=O) groups excluding carboxylic acids is 1. The van der Waals surface area contributed by atoms with E-state index in [0.717, 1.165) is 11.5 Å². The molecule has 0 radical (unpaired) electrons. The van der Waals surface area contributed by atoms with E-state index in [9.17, 15) is 4.79 Å². The van der Waals surface area contributed by atoms with Crippen LogP contribution in [-0.4, -0.2) is 17.8 Å². The van der Waals surface area contributed by atoms with Crippen molar-refractivity contribution >= 4 is 6.08 Å². The van der Waals surface area contributed by atoms with Crippen molar-refractivity contribution in [2.45, 2.75) is 31.6 Å². The molecule has 0 spiro atoms. The minimum atomic E-state index is 0.132. The van der Waals surface area contributed by atoms with Gasteiger partial charge in [-0.2, -0.15) is 0 Å². The summed E-state index contributed by atoms with van der Waals surface area (Å²) in [6.07, 6.45) is 3.93. The van der Waals surface area contributed by atoms with Crippen molar-refractivity contribution in [3.63, 3.8) is 0 Å². The molecule has 0 saturated heterocycles. The molecule has 1 atom stereocenters. The van der Waals surface area contributed by atoms with Crippen molar-refractivity contribution in [1.29, 1.82) is 0 Å². The van der Waals surface area contributed by atoms with E-state index in [4.69, 9.17) is 4.52 Å². The Morgan fingerprint density at radius 3 is 3.21 bits per heavy atom. The van der Waals surface area contributed by atoms with Gasteiger partial charge in [-0.25, -0.2) is 9.79 Å². The molecule has 1 aromatic heterocycles. The third kappa shape index (κ3) is 1.91. The van der Waals surface area contributed by atoms with Gasteiger partial charge in [-0.1, -0.05) is 12.1 Å². The second-order valence-electron chi connectivity index (χ2n) is 3.76. The largest absolute Gasteiger partial charge is 0.361 e. The van der Waals surface area contributed by atoms with Gasteiger partial charge in [0.15, 0.2) is 0 Å². The number of nitrogens with zero attached hydrogens (tertiary/aromatic N) is 2. The fourth-order valence-electron chi connectivity index (χ4n) is 1.36. The van der Waals surface area contributed by atoms with Crippen molar-refractivity contribution in [3.8, 4) is 0 Å². The third-order valence-corrected chi connectivity index (χ3v) is 2.46. The van der Waals surface area contributed by atoms with Crippen molar-refractivity contribution in [1.82, 2.24) is 5.16 Å². The zero-order valence-corrected chi connectivity index (χ0v) is 8.06. The van der Waals surface area contributed by atoms with Gasteiger partial charge in [0.25, 0.3) is 0 Å². The summed E-state index contributed by atoms with van der Waals surface area (Å²) in [5, 5.41) is 3.97. The molecule has 0 bridgehead atoms. The fourth-order valence-corrected chi connectivity index (χ4v) is 1.36. The van der Waals surface area contributed by atoms with Crippen LogP contribution in [-0.2, 0) is 4.79 Å². The van der Waals surface area contributed by atoms with E-state index in [1.807, 2.05) is 13.0 Å². The lowest BCUT2D eigenvalue weighted by atomic mass is 10.1. The Hall–Kier alpha value is -1.41. The van der Waals surface area contributed by atoms with E-state index in [1.165, 1.54) is 18.9 Å². The van der Waals surface area contributed by atoms with Gasteiger partial charge in [-0.05, 0) is 12.8 Å². The van der Waals surface area contributed by atoms with E-state index in [-0.39, 0.29) is 5.92 Å². The van der Waals surface area contributed by atoms with Crippen LogP contribution in [0.2, 0.25) is 0 Å². The predicted octanol–water partition coefficient (Wildman–Crippen LogP) is 1.99. The smallest absolute Gasteiger partial charge is 0.234 e. The highest BCUT2D eigenvalue weighted by molar-refractivity contribution is 5.33. The summed E-state index contributed by atoms with van der Waals surface area (Å²) in [5.41, 5.74) is 0.880. The van der Waals surface area contributed by atoms with Crippen molar-refractivity contribution < 1.29 is 9.32 Å². The fraction of sp³-hybridized carbons (Fsp3) is 0.600. The monoisotopic (exact) mass is 192 g/mol. The van der Waals surface area contributed by atoms with Crippen LogP contribution < -0.4 is 0 Å². The summed E-state index contributed by atoms with van der Waals surface area (Å²) in [7, 11) is 0. The molecule has 1 fully saturated rings. The van der Waals surface area contributed by atoms with Crippen LogP contribution in [0.5, 0.6) is 0 Å². The molecule has 4 heteroatoms. The Balaban J connectivity index is 2.03. The maximum Gasteiger partial charge on any atom is 0.234 e. The number of aliphatic imine (C=N–C) groups is 1. The van der Waals surface area contributed by atoms with Gasteiger partial charge in [0.1, 0.15) is 5.76 Å². The molecule has 74 valence electrons. The number of hydrogen-bond donors (Lipinski definition) is 0. The standard InChI is InChI=1S/C10H12N2O2/c1-7(5-11-6-13)9-4-10(14-12-9)8-2-3-8/h4,7-8H,2-3,5H2,1H3. The van der Waals surface area contributed by atoms with Gasteiger partial charge in [-0.15, -0.1) is 0 Å². The topological polar surface area (TPSA) is 55.5 Å². The van der Waals surface area contributed by atoms with Crippen LogP contribution in [0.15, 0.2) is 15.6 Å². The summed E-state index contributed by atoms with van der Waals surface area (Å²) >= 11 is 0. The number of hydrogen-bond acceptors (Lipinski definition) is 4. The molecule has 4 nitrogen and oxygen atoms in total. The van der Waals surface area contributed by atoms with Crippen LogP contribution in [0.3, 0.4) is 0 Å². The van der Waals surface area contributed by atoms with Gasteiger partial charge in [0.05, 0.1) is 12.2 Å². The highest BCUT2D eigenvalue weighted by Gasteiger charge is 2.28. The molecule has 0 N–H and O–H groups in total. The highest BCUT2D eigenvalue weighted by atomic mass is 16.5. The van der Waals surface area contributed by atoms with Crippen LogP contribution in [0, 0.1) is 0 Å². The van der Waals surface area contributed by atoms with E-state index >= 15 is 0 Å². The minimum Gasteiger partial charge on any atom is -0.361 e. The summed E-state index contributed by atoms with van der Waals surface area (Å²) in [5.74, 6) is 1.69. The molecule has 1 aliphatic rings. The lowest BCUT2D eigenvalue weighted by Crippen LogP contribution is -1.97. The average Bonchev–Trinajstić information content (AvgIpc) is 2.93. The van der Waals surface area contributed by atoms with Crippen LogP contribution in [0.25, 0.3) is 0 Å². The van der Waals surface area contributed by atoms with Gasteiger partial charge in [-0.3, -0.25) is 0 Å². The Bertz CT molecular complexity index is 362. The molecule has 1 heterocycles. The second-order valence-corrected chi connectivity index (χ2v) is 3.76. The predicted molar refractivity (Wildman–Crippen MR) is 49.9 cm³/mol. The maximum atomic E-state index is 9.93. The Kier molecular flexibility index (Phi) is 2.46. The first-order chi connectivity index (χ1) is 6.81. The average molecular weight is 192 g/mol. The van der Waals surface area contributed by atoms with Crippen molar-refractivity contribution in [3.05, 3.63) is 17.5 Å². The first-order valence-electron chi connectivity index (χ1n) is 4.81. The molecular weight excluding hydrogens is 180 g/mol. The highest BCUT2D eigenvalue weighted by Crippen LogP contribution is 2.40. The van der Waals surface area contributed by atoms with Crippen LogP contribution in [0.1, 0.15) is 43.1 Å². The van der Waals surface area contributed by atoms with Crippen LogP contribution in [0.4, 0.5) is 0 Å². The van der Waals surface area contributed by atoms with E-state index in [0.29, 0.717) is 12.5 Å². The van der Waals surface area contributed by atoms with E-state index in [1.54, 1.807) is 0 Å². The zero-order valence-electron chi connectivity index (χ0n) is 8.06. The maximum absolute atomic E-state index is 9.93. The Morgan fingerprint density at radius 2 is 2.57 bits per heavy atom.